The van der Waals surface area contributed by atoms with Crippen LogP contribution >= 0.6 is 0 Å². The summed E-state index contributed by atoms with van der Waals surface area (Å²) in [5, 5.41) is 24.1. The number of guanidine groups is 1. The van der Waals surface area contributed by atoms with Crippen LogP contribution < -0.4 is 4.90 Å². The molecule has 2 aliphatic rings. The first-order valence-corrected chi connectivity index (χ1v) is 11.7. The standard InChI is InChI=1S/C26H22F3N5O6/c1-15-21(23(38)39-2)22(17-8-6-16(13-30)7-9-17)34-24(31-32(14-20(36)37)25(34)40-11-10-35)33(15)19-5-3-4-18(12-19)26(27,28)29/h3-10,12,22,25H,11,14H2,1-2H3,(H,36,37)/t22?,25-/m0/s1. The van der Waals surface area contributed by atoms with Crippen molar-refractivity contribution in [2.24, 2.45) is 5.10 Å². The summed E-state index contributed by atoms with van der Waals surface area (Å²) in [6, 6.07) is 11.4. The number of anilines is 1. The zero-order valence-electron chi connectivity index (χ0n) is 21.1. The number of methoxy groups -OCH3 is 1. The SMILES string of the molecule is COC(=O)C1=C(C)N(c2cccc(C(F)(F)F)c2)C2=NN(CC(=O)O)[C@H](OCC=O)N2C1c1ccc(C#N)cc1. The van der Waals surface area contributed by atoms with Crippen molar-refractivity contribution in [3.63, 3.8) is 0 Å². The highest BCUT2D eigenvalue weighted by Crippen LogP contribution is 2.44. The number of carboxylic acid groups (broad SMARTS) is 1. The number of carbonyl (C=O) groups is 3. The number of nitrogens with zero attached hydrogens (tertiary/aromatic N) is 5. The fourth-order valence-electron chi connectivity index (χ4n) is 4.58. The molecule has 0 saturated heterocycles. The Morgan fingerprint density at radius 1 is 1.20 bits per heavy atom. The molecule has 0 spiro atoms. The van der Waals surface area contributed by atoms with Crippen molar-refractivity contribution in [1.82, 2.24) is 9.91 Å². The largest absolute Gasteiger partial charge is 0.480 e. The van der Waals surface area contributed by atoms with Crippen LogP contribution in [0.2, 0.25) is 0 Å². The van der Waals surface area contributed by atoms with Gasteiger partial charge in [0, 0.05) is 11.4 Å². The lowest BCUT2D eigenvalue weighted by atomic mass is 9.92. The van der Waals surface area contributed by atoms with E-state index in [2.05, 4.69) is 5.10 Å². The first-order valence-electron chi connectivity index (χ1n) is 11.7. The number of rotatable bonds is 8. The van der Waals surface area contributed by atoms with Crippen LogP contribution in [-0.2, 0) is 30.0 Å². The van der Waals surface area contributed by atoms with Crippen LogP contribution in [0.25, 0.3) is 0 Å². The molecule has 208 valence electrons. The van der Waals surface area contributed by atoms with Crippen LogP contribution in [0.3, 0.4) is 0 Å². The van der Waals surface area contributed by atoms with Gasteiger partial charge >= 0.3 is 18.1 Å². The zero-order valence-corrected chi connectivity index (χ0v) is 21.1. The molecule has 2 aromatic carbocycles. The van der Waals surface area contributed by atoms with E-state index in [-0.39, 0.29) is 22.9 Å². The maximum absolute atomic E-state index is 13.6. The molecule has 14 heteroatoms. The molecule has 2 aliphatic heterocycles. The maximum Gasteiger partial charge on any atom is 0.416 e. The molecule has 1 N–H and O–H groups in total. The number of esters is 1. The molecular weight excluding hydrogens is 535 g/mol. The highest BCUT2D eigenvalue weighted by atomic mass is 19.4. The van der Waals surface area contributed by atoms with E-state index in [4.69, 9.17) is 9.47 Å². The summed E-state index contributed by atoms with van der Waals surface area (Å²) in [7, 11) is 1.14. The molecule has 0 bridgehead atoms. The number of hydrogen-bond acceptors (Lipinski definition) is 10. The van der Waals surface area contributed by atoms with Crippen molar-refractivity contribution in [2.45, 2.75) is 25.5 Å². The zero-order chi connectivity index (χ0) is 29.2. The van der Waals surface area contributed by atoms with Crippen molar-refractivity contribution in [1.29, 1.82) is 5.26 Å². The van der Waals surface area contributed by atoms with Gasteiger partial charge in [-0.25, -0.2) is 9.80 Å². The van der Waals surface area contributed by atoms with E-state index in [9.17, 15) is 37.9 Å². The van der Waals surface area contributed by atoms with Gasteiger partial charge in [-0.05, 0) is 42.8 Å². The van der Waals surface area contributed by atoms with Crippen molar-refractivity contribution in [2.75, 3.05) is 25.2 Å². The van der Waals surface area contributed by atoms with Gasteiger partial charge in [0.05, 0.1) is 35.9 Å². The molecule has 0 radical (unpaired) electrons. The monoisotopic (exact) mass is 557 g/mol. The average Bonchev–Trinajstić information content (AvgIpc) is 3.26. The molecule has 2 atom stereocenters. The topological polar surface area (TPSA) is 136 Å². The van der Waals surface area contributed by atoms with Gasteiger partial charge in [0.25, 0.3) is 0 Å². The normalized spacial score (nSPS) is 18.7. The number of carbonyl (C=O) groups excluding carboxylic acids is 2. The van der Waals surface area contributed by atoms with Gasteiger partial charge in [-0.2, -0.15) is 18.4 Å². The van der Waals surface area contributed by atoms with E-state index in [0.717, 1.165) is 24.3 Å². The van der Waals surface area contributed by atoms with Crippen molar-refractivity contribution < 1.29 is 42.1 Å². The Balaban J connectivity index is 2.01. The Morgan fingerprint density at radius 3 is 2.48 bits per heavy atom. The molecule has 2 aromatic rings. The summed E-state index contributed by atoms with van der Waals surface area (Å²) in [5.74, 6) is -2.19. The van der Waals surface area contributed by atoms with Gasteiger partial charge in [-0.3, -0.25) is 14.6 Å². The Hall–Kier alpha value is -4.90. The quantitative estimate of drug-likeness (QED) is 0.381. The molecule has 11 nitrogen and oxygen atoms in total. The number of nitriles is 1. The molecule has 0 saturated carbocycles. The van der Waals surface area contributed by atoms with Crippen LogP contribution in [0.15, 0.2) is 64.9 Å². The number of benzene rings is 2. The molecule has 0 amide bonds. The summed E-state index contributed by atoms with van der Waals surface area (Å²) >= 11 is 0. The van der Waals surface area contributed by atoms with Crippen molar-refractivity contribution >= 4 is 29.9 Å². The number of ether oxygens (including phenoxy) is 2. The minimum Gasteiger partial charge on any atom is -0.480 e. The van der Waals surface area contributed by atoms with E-state index < -0.39 is 49.2 Å². The summed E-state index contributed by atoms with van der Waals surface area (Å²) in [6.45, 7) is 0.302. The minimum atomic E-state index is -4.68. The molecule has 4 rings (SSSR count). The number of aldehydes is 1. The second kappa shape index (κ2) is 11.1. The van der Waals surface area contributed by atoms with Gasteiger partial charge in [0.1, 0.15) is 19.4 Å². The predicted molar refractivity (Wildman–Crippen MR) is 132 cm³/mol. The molecular formula is C26H22F3N5O6. The second-order valence-corrected chi connectivity index (χ2v) is 8.64. The number of halogens is 3. The average molecular weight is 557 g/mol. The first-order chi connectivity index (χ1) is 19.0. The van der Waals surface area contributed by atoms with Crippen LogP contribution in [-0.4, -0.2) is 65.8 Å². The second-order valence-electron chi connectivity index (χ2n) is 8.64. The molecule has 0 fully saturated rings. The third kappa shape index (κ3) is 5.19. The summed E-state index contributed by atoms with van der Waals surface area (Å²) in [5.41, 5.74) is -0.0913. The van der Waals surface area contributed by atoms with E-state index in [0.29, 0.717) is 17.4 Å². The Labute approximate surface area is 225 Å². The van der Waals surface area contributed by atoms with Crippen molar-refractivity contribution in [3.05, 3.63) is 76.5 Å². The Morgan fingerprint density at radius 2 is 1.90 bits per heavy atom. The van der Waals surface area contributed by atoms with Gasteiger partial charge in [-0.1, -0.05) is 18.2 Å². The lowest BCUT2D eigenvalue weighted by Gasteiger charge is -2.44. The van der Waals surface area contributed by atoms with Crippen LogP contribution in [0.1, 0.15) is 29.7 Å². The van der Waals surface area contributed by atoms with E-state index in [1.54, 1.807) is 12.1 Å². The molecule has 0 aliphatic carbocycles. The molecule has 1 unspecified atom stereocenters. The van der Waals surface area contributed by atoms with Gasteiger partial charge in [0.2, 0.25) is 12.3 Å². The lowest BCUT2D eigenvalue weighted by Crippen LogP contribution is -2.55. The summed E-state index contributed by atoms with van der Waals surface area (Å²) < 4.78 is 51.6. The number of hydrazone groups is 1. The highest BCUT2D eigenvalue weighted by molar-refractivity contribution is 6.06. The third-order valence-corrected chi connectivity index (χ3v) is 6.22. The Bertz CT molecular complexity index is 1430. The van der Waals surface area contributed by atoms with Gasteiger partial charge < -0.3 is 19.4 Å². The van der Waals surface area contributed by atoms with Gasteiger partial charge in [0.15, 0.2) is 0 Å². The number of allylic oxidation sites excluding steroid dienone is 1. The number of aliphatic carboxylic acids is 1. The highest BCUT2D eigenvalue weighted by Gasteiger charge is 2.50. The third-order valence-electron chi connectivity index (χ3n) is 6.22. The number of alkyl halides is 3. The fraction of sp³-hybridized carbons (Fsp3) is 0.269. The smallest absolute Gasteiger partial charge is 0.416 e. The molecule has 40 heavy (non-hydrogen) atoms. The summed E-state index contributed by atoms with van der Waals surface area (Å²) in [6.07, 6.45) is -5.61. The van der Waals surface area contributed by atoms with Gasteiger partial charge in [-0.15, -0.1) is 5.10 Å². The number of hydrogen-bond donors (Lipinski definition) is 1. The summed E-state index contributed by atoms with van der Waals surface area (Å²) in [4.78, 5) is 38.8. The first kappa shape index (κ1) is 28.1. The fourth-order valence-corrected chi connectivity index (χ4v) is 4.58. The predicted octanol–water partition coefficient (Wildman–Crippen LogP) is 3.06. The Kier molecular flexibility index (Phi) is 7.78. The van der Waals surface area contributed by atoms with Crippen LogP contribution in [0.4, 0.5) is 18.9 Å². The minimum absolute atomic E-state index is 0.0135. The van der Waals surface area contributed by atoms with Crippen LogP contribution in [0, 0.1) is 11.3 Å². The van der Waals surface area contributed by atoms with E-state index in [1.807, 2.05) is 6.07 Å². The van der Waals surface area contributed by atoms with Crippen LogP contribution in [0.5, 0.6) is 0 Å². The van der Waals surface area contributed by atoms with E-state index >= 15 is 0 Å². The van der Waals surface area contributed by atoms with E-state index in [1.165, 1.54) is 41.0 Å². The number of fused-ring (bicyclic) bond motifs is 1. The molecule has 0 aromatic heterocycles. The maximum atomic E-state index is 13.6. The van der Waals surface area contributed by atoms with Crippen molar-refractivity contribution in [3.8, 4) is 6.07 Å². The molecule has 2 heterocycles. The number of carboxylic acids is 1. The lowest BCUT2D eigenvalue weighted by molar-refractivity contribution is -0.154.